The average molecular weight is 299 g/mol. The summed E-state index contributed by atoms with van der Waals surface area (Å²) < 4.78 is 1.58. The lowest BCUT2D eigenvalue weighted by Gasteiger charge is -2.26. The lowest BCUT2D eigenvalue weighted by atomic mass is 9.81. The fourth-order valence-corrected chi connectivity index (χ4v) is 3.14. The van der Waals surface area contributed by atoms with E-state index in [0.29, 0.717) is 18.2 Å². The van der Waals surface area contributed by atoms with E-state index in [-0.39, 0.29) is 5.91 Å². The normalized spacial score (nSPS) is 21.5. The molecule has 0 radical (unpaired) electrons. The van der Waals surface area contributed by atoms with Crippen LogP contribution in [0, 0.1) is 11.8 Å². The molecular weight excluding hydrogens is 278 g/mol. The third-order valence-electron chi connectivity index (χ3n) is 4.20. The molecule has 1 N–H and O–H groups in total. The van der Waals surface area contributed by atoms with Gasteiger partial charge in [-0.15, -0.1) is 0 Å². The number of rotatable bonds is 4. The summed E-state index contributed by atoms with van der Waals surface area (Å²) in [5.74, 6) is 2.02. The van der Waals surface area contributed by atoms with Crippen LogP contribution in [0.1, 0.15) is 39.0 Å². The van der Waals surface area contributed by atoms with Gasteiger partial charge in [0, 0.05) is 6.42 Å². The number of hydrogen-bond acceptors (Lipinski definition) is 4. The van der Waals surface area contributed by atoms with E-state index in [1.54, 1.807) is 17.2 Å². The second-order valence-corrected chi connectivity index (χ2v) is 6.14. The van der Waals surface area contributed by atoms with E-state index in [9.17, 15) is 4.79 Å². The summed E-state index contributed by atoms with van der Waals surface area (Å²) in [6.45, 7) is 2.27. The molecule has 6 heteroatoms. The molecule has 0 spiro atoms. The molecule has 2 aromatic heterocycles. The number of pyridine rings is 1. The van der Waals surface area contributed by atoms with Crippen LogP contribution in [0.25, 0.3) is 5.82 Å². The molecular formula is C16H21N5O. The minimum absolute atomic E-state index is 0.0782. The largest absolute Gasteiger partial charge is 0.325 e. The smallest absolute Gasteiger partial charge is 0.224 e. The predicted octanol–water partition coefficient (Wildman–Crippen LogP) is 2.82. The first kappa shape index (κ1) is 14.7. The van der Waals surface area contributed by atoms with Gasteiger partial charge in [-0.2, -0.15) is 5.10 Å². The van der Waals surface area contributed by atoms with Crippen molar-refractivity contribution in [1.29, 1.82) is 0 Å². The van der Waals surface area contributed by atoms with Crippen molar-refractivity contribution in [2.45, 2.75) is 39.0 Å². The first-order valence-electron chi connectivity index (χ1n) is 7.81. The van der Waals surface area contributed by atoms with E-state index in [4.69, 9.17) is 0 Å². The van der Waals surface area contributed by atoms with Gasteiger partial charge in [0.25, 0.3) is 0 Å². The summed E-state index contributed by atoms with van der Waals surface area (Å²) >= 11 is 0. The highest BCUT2D eigenvalue weighted by atomic mass is 16.1. The maximum Gasteiger partial charge on any atom is 0.224 e. The maximum atomic E-state index is 12.1. The van der Waals surface area contributed by atoms with Gasteiger partial charge in [-0.25, -0.2) is 14.6 Å². The van der Waals surface area contributed by atoms with Gasteiger partial charge in [0.2, 0.25) is 5.91 Å². The van der Waals surface area contributed by atoms with E-state index >= 15 is 0 Å². The summed E-state index contributed by atoms with van der Waals surface area (Å²) in [6.07, 6.45) is 10.2. The van der Waals surface area contributed by atoms with E-state index in [1.807, 2.05) is 12.1 Å². The Morgan fingerprint density at radius 3 is 3.00 bits per heavy atom. The second kappa shape index (κ2) is 6.68. The molecule has 22 heavy (non-hydrogen) atoms. The minimum atomic E-state index is 0.0782. The average Bonchev–Trinajstić information content (AvgIpc) is 3.02. The molecule has 0 saturated heterocycles. The fraction of sp³-hybridized carbons (Fsp3) is 0.500. The molecule has 1 aliphatic rings. The van der Waals surface area contributed by atoms with Crippen LogP contribution in [-0.2, 0) is 4.79 Å². The van der Waals surface area contributed by atoms with Crippen molar-refractivity contribution in [2.75, 3.05) is 5.32 Å². The van der Waals surface area contributed by atoms with Crippen LogP contribution in [0.4, 0.5) is 5.69 Å². The standard InChI is InChI=1S/C16H21N5O/c1-12-3-2-4-13(7-12)8-16(22)20-14-5-6-15(18-9-14)21-11-17-10-19-21/h5-6,9-13H,2-4,7-8H2,1H3,(H,20,22)/t12-,13-/m1/s1. The molecule has 1 saturated carbocycles. The van der Waals surface area contributed by atoms with Gasteiger partial charge >= 0.3 is 0 Å². The molecule has 116 valence electrons. The van der Waals surface area contributed by atoms with Crippen molar-refractivity contribution in [3.8, 4) is 5.82 Å². The van der Waals surface area contributed by atoms with Gasteiger partial charge in [-0.05, 0) is 36.8 Å². The van der Waals surface area contributed by atoms with E-state index in [1.165, 1.54) is 25.6 Å². The topological polar surface area (TPSA) is 72.7 Å². The van der Waals surface area contributed by atoms with Crippen molar-refractivity contribution in [3.63, 3.8) is 0 Å². The van der Waals surface area contributed by atoms with Crippen LogP contribution >= 0.6 is 0 Å². The Hall–Kier alpha value is -2.24. The molecule has 0 unspecified atom stereocenters. The zero-order chi connectivity index (χ0) is 15.4. The van der Waals surface area contributed by atoms with Gasteiger partial charge in [0.15, 0.2) is 5.82 Å². The Bertz CT molecular complexity index is 608. The highest BCUT2D eigenvalue weighted by molar-refractivity contribution is 5.90. The number of anilines is 1. The SMILES string of the molecule is C[C@@H]1CCC[C@@H](CC(=O)Nc2ccc(-n3cncn3)nc2)C1. The molecule has 6 nitrogen and oxygen atoms in total. The van der Waals surface area contributed by atoms with Crippen LogP contribution in [0.3, 0.4) is 0 Å². The Labute approximate surface area is 130 Å². The third-order valence-corrected chi connectivity index (χ3v) is 4.20. The molecule has 1 aliphatic carbocycles. The van der Waals surface area contributed by atoms with Crippen LogP contribution in [-0.4, -0.2) is 25.7 Å². The van der Waals surface area contributed by atoms with Gasteiger partial charge in [0.1, 0.15) is 12.7 Å². The predicted molar refractivity (Wildman–Crippen MR) is 83.5 cm³/mol. The summed E-state index contributed by atoms with van der Waals surface area (Å²) in [4.78, 5) is 20.3. The monoisotopic (exact) mass is 299 g/mol. The molecule has 1 fully saturated rings. The van der Waals surface area contributed by atoms with Crippen LogP contribution < -0.4 is 5.32 Å². The molecule has 0 aromatic carbocycles. The number of nitrogens with one attached hydrogen (secondary N) is 1. The quantitative estimate of drug-likeness (QED) is 0.942. The molecule has 2 atom stereocenters. The Morgan fingerprint density at radius 2 is 2.32 bits per heavy atom. The zero-order valence-corrected chi connectivity index (χ0v) is 12.8. The Morgan fingerprint density at radius 1 is 1.41 bits per heavy atom. The van der Waals surface area contributed by atoms with Gasteiger partial charge < -0.3 is 5.32 Å². The van der Waals surface area contributed by atoms with Crippen molar-refractivity contribution in [2.24, 2.45) is 11.8 Å². The number of carbonyl (C=O) groups is 1. The van der Waals surface area contributed by atoms with Crippen molar-refractivity contribution in [3.05, 3.63) is 31.0 Å². The first-order chi connectivity index (χ1) is 10.7. The van der Waals surface area contributed by atoms with E-state index < -0.39 is 0 Å². The number of aromatic nitrogens is 4. The molecule has 2 aromatic rings. The molecule has 1 amide bonds. The molecule has 3 rings (SSSR count). The van der Waals surface area contributed by atoms with Crippen LogP contribution in [0.15, 0.2) is 31.0 Å². The minimum Gasteiger partial charge on any atom is -0.325 e. The van der Waals surface area contributed by atoms with Crippen LogP contribution in [0.2, 0.25) is 0 Å². The van der Waals surface area contributed by atoms with Crippen LogP contribution in [0.5, 0.6) is 0 Å². The van der Waals surface area contributed by atoms with Crippen molar-refractivity contribution < 1.29 is 4.79 Å². The number of nitrogens with zero attached hydrogens (tertiary/aromatic N) is 4. The van der Waals surface area contributed by atoms with Gasteiger partial charge in [-0.1, -0.05) is 19.8 Å². The van der Waals surface area contributed by atoms with Gasteiger partial charge in [0.05, 0.1) is 11.9 Å². The number of hydrogen-bond donors (Lipinski definition) is 1. The number of amides is 1. The summed E-state index contributed by atoms with van der Waals surface area (Å²) in [7, 11) is 0. The molecule has 2 heterocycles. The van der Waals surface area contributed by atoms with Crippen molar-refractivity contribution in [1.82, 2.24) is 19.7 Å². The highest BCUT2D eigenvalue weighted by Gasteiger charge is 2.21. The lowest BCUT2D eigenvalue weighted by molar-refractivity contribution is -0.117. The molecule has 0 aliphatic heterocycles. The van der Waals surface area contributed by atoms with E-state index in [2.05, 4.69) is 27.3 Å². The highest BCUT2D eigenvalue weighted by Crippen LogP contribution is 2.30. The van der Waals surface area contributed by atoms with E-state index in [0.717, 1.165) is 18.0 Å². The molecule has 0 bridgehead atoms. The summed E-state index contributed by atoms with van der Waals surface area (Å²) in [6, 6.07) is 3.65. The Kier molecular flexibility index (Phi) is 4.46. The lowest BCUT2D eigenvalue weighted by Crippen LogP contribution is -2.21. The van der Waals surface area contributed by atoms with Crippen molar-refractivity contribution >= 4 is 11.6 Å². The third kappa shape index (κ3) is 3.69. The first-order valence-corrected chi connectivity index (χ1v) is 7.81. The summed E-state index contributed by atoms with van der Waals surface area (Å²) in [5, 5.41) is 6.95. The van der Waals surface area contributed by atoms with Gasteiger partial charge in [-0.3, -0.25) is 4.79 Å². The maximum absolute atomic E-state index is 12.1. The zero-order valence-electron chi connectivity index (χ0n) is 12.8. The fourth-order valence-electron chi connectivity index (χ4n) is 3.14. The Balaban J connectivity index is 1.55. The number of carbonyl (C=O) groups excluding carboxylic acids is 1. The second-order valence-electron chi connectivity index (χ2n) is 6.14. The summed E-state index contributed by atoms with van der Waals surface area (Å²) in [5.41, 5.74) is 0.720.